The van der Waals surface area contributed by atoms with Crippen molar-refractivity contribution in [3.05, 3.63) is 35.4 Å². The predicted molar refractivity (Wildman–Crippen MR) is 72.3 cm³/mol. The number of nitrogens with two attached hydrogens (primary N) is 1. The maximum absolute atomic E-state index is 12.1. The molecule has 0 aliphatic heterocycles. The predicted octanol–water partition coefficient (Wildman–Crippen LogP) is 1.36. The van der Waals surface area contributed by atoms with Crippen LogP contribution in [0.1, 0.15) is 31.4 Å². The first-order valence-electron chi connectivity index (χ1n) is 6.11. The minimum atomic E-state index is -3.28. The summed E-state index contributed by atoms with van der Waals surface area (Å²) in [6.07, 6.45) is 0.908. The van der Waals surface area contributed by atoms with Gasteiger partial charge in [0.25, 0.3) is 0 Å². The SMILES string of the molecule is CC1(C)CC1NS(=O)(=O)Cc1ccccc1CN. The maximum atomic E-state index is 12.1. The summed E-state index contributed by atoms with van der Waals surface area (Å²) < 4.78 is 26.9. The summed E-state index contributed by atoms with van der Waals surface area (Å²) in [6, 6.07) is 7.47. The lowest BCUT2D eigenvalue weighted by Gasteiger charge is -2.10. The maximum Gasteiger partial charge on any atom is 0.216 e. The van der Waals surface area contributed by atoms with Crippen molar-refractivity contribution >= 4 is 10.0 Å². The van der Waals surface area contributed by atoms with E-state index in [1.54, 1.807) is 0 Å². The van der Waals surface area contributed by atoms with Crippen molar-refractivity contribution < 1.29 is 8.42 Å². The molecule has 0 heterocycles. The molecule has 0 radical (unpaired) electrons. The number of benzene rings is 1. The molecule has 3 N–H and O–H groups in total. The minimum Gasteiger partial charge on any atom is -0.326 e. The van der Waals surface area contributed by atoms with Gasteiger partial charge in [0.15, 0.2) is 0 Å². The second-order valence-electron chi connectivity index (χ2n) is 5.60. The van der Waals surface area contributed by atoms with Gasteiger partial charge >= 0.3 is 0 Å². The van der Waals surface area contributed by atoms with E-state index in [-0.39, 0.29) is 17.2 Å². The zero-order valence-electron chi connectivity index (χ0n) is 10.8. The van der Waals surface area contributed by atoms with Gasteiger partial charge in [-0.2, -0.15) is 0 Å². The molecule has 1 aliphatic carbocycles. The van der Waals surface area contributed by atoms with E-state index in [0.29, 0.717) is 6.54 Å². The molecule has 1 aromatic rings. The lowest BCUT2D eigenvalue weighted by atomic mass is 10.1. The highest BCUT2D eigenvalue weighted by Crippen LogP contribution is 2.45. The van der Waals surface area contributed by atoms with Crippen molar-refractivity contribution in [2.45, 2.75) is 38.6 Å². The molecular formula is C13H20N2O2S. The van der Waals surface area contributed by atoms with Crippen LogP contribution >= 0.6 is 0 Å². The third-order valence-electron chi connectivity index (χ3n) is 3.52. The zero-order chi connectivity index (χ0) is 13.4. The van der Waals surface area contributed by atoms with Gasteiger partial charge in [-0.1, -0.05) is 38.1 Å². The monoisotopic (exact) mass is 268 g/mol. The van der Waals surface area contributed by atoms with Gasteiger partial charge in [-0.05, 0) is 23.0 Å². The van der Waals surface area contributed by atoms with Crippen molar-refractivity contribution in [3.63, 3.8) is 0 Å². The van der Waals surface area contributed by atoms with Crippen LogP contribution < -0.4 is 10.5 Å². The number of rotatable bonds is 5. The molecule has 0 bridgehead atoms. The Morgan fingerprint density at radius 2 is 1.89 bits per heavy atom. The average Bonchev–Trinajstić information content (AvgIpc) is 2.84. The molecule has 1 atom stereocenters. The van der Waals surface area contributed by atoms with Gasteiger partial charge in [0, 0.05) is 12.6 Å². The zero-order valence-corrected chi connectivity index (χ0v) is 11.6. The molecule has 1 unspecified atom stereocenters. The highest BCUT2D eigenvalue weighted by molar-refractivity contribution is 7.88. The summed E-state index contributed by atoms with van der Waals surface area (Å²) in [6.45, 7) is 4.49. The number of hydrogen-bond donors (Lipinski definition) is 2. The molecule has 0 spiro atoms. The topological polar surface area (TPSA) is 72.2 Å². The highest BCUT2D eigenvalue weighted by atomic mass is 32.2. The molecule has 0 amide bonds. The van der Waals surface area contributed by atoms with Crippen molar-refractivity contribution in [3.8, 4) is 0 Å². The fraction of sp³-hybridized carbons (Fsp3) is 0.538. The van der Waals surface area contributed by atoms with Crippen LogP contribution in [-0.2, 0) is 22.3 Å². The van der Waals surface area contributed by atoms with Gasteiger partial charge < -0.3 is 5.73 Å². The first-order chi connectivity index (χ1) is 8.34. The Labute approximate surface area is 109 Å². The largest absolute Gasteiger partial charge is 0.326 e. The Kier molecular flexibility index (Phi) is 3.49. The van der Waals surface area contributed by atoms with Gasteiger partial charge in [0.2, 0.25) is 10.0 Å². The Bertz CT molecular complexity index is 538. The second-order valence-corrected chi connectivity index (χ2v) is 7.35. The molecule has 1 aromatic carbocycles. The number of sulfonamides is 1. The Hall–Kier alpha value is -0.910. The molecule has 2 rings (SSSR count). The van der Waals surface area contributed by atoms with Crippen LogP contribution in [0.5, 0.6) is 0 Å². The third kappa shape index (κ3) is 3.10. The summed E-state index contributed by atoms with van der Waals surface area (Å²) in [7, 11) is -3.28. The van der Waals surface area contributed by atoms with E-state index in [4.69, 9.17) is 5.73 Å². The van der Waals surface area contributed by atoms with Gasteiger partial charge in [0.1, 0.15) is 0 Å². The minimum absolute atomic E-state index is 0.00690. The third-order valence-corrected chi connectivity index (χ3v) is 4.85. The second kappa shape index (κ2) is 4.64. The van der Waals surface area contributed by atoms with Gasteiger partial charge in [-0.15, -0.1) is 0 Å². The average molecular weight is 268 g/mol. The molecule has 5 heteroatoms. The molecular weight excluding hydrogens is 248 g/mol. The van der Waals surface area contributed by atoms with Crippen LogP contribution in [0.3, 0.4) is 0 Å². The number of nitrogens with one attached hydrogen (secondary N) is 1. The molecule has 100 valence electrons. The van der Waals surface area contributed by atoms with Crippen molar-refractivity contribution in [1.82, 2.24) is 4.72 Å². The van der Waals surface area contributed by atoms with Crippen LogP contribution in [-0.4, -0.2) is 14.5 Å². The normalized spacial score (nSPS) is 21.8. The van der Waals surface area contributed by atoms with E-state index in [0.717, 1.165) is 17.5 Å². The van der Waals surface area contributed by atoms with E-state index in [9.17, 15) is 8.42 Å². The standard InChI is InChI=1S/C13H20N2O2S/c1-13(2)7-12(13)15-18(16,17)9-11-6-4-3-5-10(11)8-14/h3-6,12,15H,7-9,14H2,1-2H3. The highest BCUT2D eigenvalue weighted by Gasteiger charge is 2.47. The summed E-state index contributed by atoms with van der Waals surface area (Å²) >= 11 is 0. The molecule has 0 saturated heterocycles. The first-order valence-corrected chi connectivity index (χ1v) is 7.76. The lowest BCUT2D eigenvalue weighted by Crippen LogP contribution is -2.30. The first kappa shape index (κ1) is 13.5. The fourth-order valence-corrected chi connectivity index (χ4v) is 3.64. The van der Waals surface area contributed by atoms with Crippen molar-refractivity contribution in [2.24, 2.45) is 11.1 Å². The molecule has 4 nitrogen and oxygen atoms in total. The summed E-state index contributed by atoms with van der Waals surface area (Å²) in [5, 5.41) is 0. The van der Waals surface area contributed by atoms with Crippen LogP contribution in [0, 0.1) is 5.41 Å². The van der Waals surface area contributed by atoms with Gasteiger partial charge in [0.05, 0.1) is 5.75 Å². The summed E-state index contributed by atoms with van der Waals surface area (Å²) in [4.78, 5) is 0. The van der Waals surface area contributed by atoms with Crippen LogP contribution in [0.4, 0.5) is 0 Å². The van der Waals surface area contributed by atoms with E-state index in [1.807, 2.05) is 24.3 Å². The van der Waals surface area contributed by atoms with E-state index >= 15 is 0 Å². The molecule has 18 heavy (non-hydrogen) atoms. The van der Waals surface area contributed by atoms with E-state index in [1.165, 1.54) is 0 Å². The van der Waals surface area contributed by atoms with Gasteiger partial charge in [-0.3, -0.25) is 0 Å². The molecule has 0 aromatic heterocycles. The smallest absolute Gasteiger partial charge is 0.216 e. The Morgan fingerprint density at radius 3 is 2.39 bits per heavy atom. The lowest BCUT2D eigenvalue weighted by molar-refractivity contribution is 0.554. The van der Waals surface area contributed by atoms with Crippen molar-refractivity contribution in [1.29, 1.82) is 0 Å². The fourth-order valence-electron chi connectivity index (χ4n) is 2.03. The van der Waals surface area contributed by atoms with Gasteiger partial charge in [-0.25, -0.2) is 13.1 Å². The van der Waals surface area contributed by atoms with Crippen molar-refractivity contribution in [2.75, 3.05) is 0 Å². The quantitative estimate of drug-likeness (QED) is 0.847. The molecule has 1 aliphatic rings. The van der Waals surface area contributed by atoms with E-state index < -0.39 is 10.0 Å². The Balaban J connectivity index is 2.08. The van der Waals surface area contributed by atoms with Crippen LogP contribution in [0.25, 0.3) is 0 Å². The van der Waals surface area contributed by atoms with Crippen LogP contribution in [0.15, 0.2) is 24.3 Å². The molecule has 1 saturated carbocycles. The summed E-state index contributed by atoms with van der Waals surface area (Å²) in [5.41, 5.74) is 7.38. The van der Waals surface area contributed by atoms with Crippen LogP contribution in [0.2, 0.25) is 0 Å². The van der Waals surface area contributed by atoms with E-state index in [2.05, 4.69) is 18.6 Å². The molecule has 1 fully saturated rings. The summed E-state index contributed by atoms with van der Waals surface area (Å²) in [5.74, 6) is 0.00690. The Morgan fingerprint density at radius 1 is 1.33 bits per heavy atom. The number of hydrogen-bond acceptors (Lipinski definition) is 3.